The minimum atomic E-state index is -0.324. The SMILES string of the molecule is CCOC(=O)CCC(=O)CSc1ncccc1Br. The molecule has 0 saturated heterocycles. The van der Waals surface area contributed by atoms with Gasteiger partial charge in [-0.25, -0.2) is 4.98 Å². The van der Waals surface area contributed by atoms with Gasteiger partial charge in [-0.1, -0.05) is 11.8 Å². The summed E-state index contributed by atoms with van der Waals surface area (Å²) in [7, 11) is 0. The topological polar surface area (TPSA) is 56.3 Å². The molecule has 0 unspecified atom stereocenters. The Hall–Kier alpha value is -0.880. The van der Waals surface area contributed by atoms with Crippen molar-refractivity contribution in [2.45, 2.75) is 24.8 Å². The minimum Gasteiger partial charge on any atom is -0.466 e. The van der Waals surface area contributed by atoms with Crippen molar-refractivity contribution < 1.29 is 14.3 Å². The fraction of sp³-hybridized carbons (Fsp3) is 0.417. The lowest BCUT2D eigenvalue weighted by atomic mass is 10.2. The van der Waals surface area contributed by atoms with E-state index in [4.69, 9.17) is 4.74 Å². The predicted molar refractivity (Wildman–Crippen MR) is 73.5 cm³/mol. The van der Waals surface area contributed by atoms with Crippen LogP contribution < -0.4 is 0 Å². The molecule has 0 aliphatic rings. The number of hydrogen-bond acceptors (Lipinski definition) is 5. The summed E-state index contributed by atoms with van der Waals surface area (Å²) in [5.74, 6) is 0.00938. The van der Waals surface area contributed by atoms with Gasteiger partial charge in [-0.2, -0.15) is 0 Å². The molecule has 0 spiro atoms. The molecule has 0 bridgehead atoms. The van der Waals surface area contributed by atoms with Crippen LogP contribution in [0.1, 0.15) is 19.8 Å². The average molecular weight is 332 g/mol. The van der Waals surface area contributed by atoms with E-state index in [1.54, 1.807) is 13.1 Å². The fourth-order valence-electron chi connectivity index (χ4n) is 1.17. The van der Waals surface area contributed by atoms with Crippen LogP contribution in [0.4, 0.5) is 0 Å². The molecule has 4 nitrogen and oxygen atoms in total. The smallest absolute Gasteiger partial charge is 0.306 e. The molecule has 0 aromatic carbocycles. The second-order valence-electron chi connectivity index (χ2n) is 3.42. The summed E-state index contributed by atoms with van der Waals surface area (Å²) < 4.78 is 5.63. The molecule has 0 saturated carbocycles. The highest BCUT2D eigenvalue weighted by Gasteiger charge is 2.09. The van der Waals surface area contributed by atoms with Gasteiger partial charge >= 0.3 is 5.97 Å². The second-order valence-corrected chi connectivity index (χ2v) is 5.24. The van der Waals surface area contributed by atoms with Gasteiger partial charge < -0.3 is 4.74 Å². The lowest BCUT2D eigenvalue weighted by Crippen LogP contribution is -2.09. The van der Waals surface area contributed by atoms with Gasteiger partial charge in [0.1, 0.15) is 10.8 Å². The number of Topliss-reactive ketones (excluding diaryl/α,β-unsaturated/α-hetero) is 1. The summed E-state index contributed by atoms with van der Waals surface area (Å²) in [5.41, 5.74) is 0. The van der Waals surface area contributed by atoms with Gasteiger partial charge in [0, 0.05) is 17.1 Å². The number of hydrogen-bond donors (Lipinski definition) is 0. The first kappa shape index (κ1) is 15.2. The number of rotatable bonds is 7. The highest BCUT2D eigenvalue weighted by Crippen LogP contribution is 2.24. The first-order valence-corrected chi connectivity index (χ1v) is 7.32. The van der Waals surface area contributed by atoms with Crippen LogP contribution in [0.25, 0.3) is 0 Å². The molecule has 6 heteroatoms. The number of halogens is 1. The van der Waals surface area contributed by atoms with E-state index in [0.717, 1.165) is 9.50 Å². The molecule has 1 heterocycles. The molecule has 0 N–H and O–H groups in total. The highest BCUT2D eigenvalue weighted by molar-refractivity contribution is 9.10. The first-order valence-electron chi connectivity index (χ1n) is 5.54. The lowest BCUT2D eigenvalue weighted by Gasteiger charge is -2.03. The summed E-state index contributed by atoms with van der Waals surface area (Å²) in [6.45, 7) is 2.09. The van der Waals surface area contributed by atoms with Crippen molar-refractivity contribution in [2.24, 2.45) is 0 Å². The highest BCUT2D eigenvalue weighted by atomic mass is 79.9. The van der Waals surface area contributed by atoms with E-state index in [1.807, 2.05) is 12.1 Å². The zero-order valence-electron chi connectivity index (χ0n) is 10.0. The van der Waals surface area contributed by atoms with Gasteiger partial charge in [0.05, 0.1) is 18.8 Å². The maximum absolute atomic E-state index is 11.6. The summed E-state index contributed by atoms with van der Waals surface area (Å²) in [6, 6.07) is 3.69. The molecule has 1 rings (SSSR count). The van der Waals surface area contributed by atoms with Gasteiger partial charge in [0.15, 0.2) is 0 Å². The molecule has 1 aromatic heterocycles. The van der Waals surface area contributed by atoms with E-state index in [-0.39, 0.29) is 24.6 Å². The fourth-order valence-corrected chi connectivity index (χ4v) is 2.55. The van der Waals surface area contributed by atoms with Crippen LogP contribution in [-0.4, -0.2) is 29.1 Å². The Bertz CT molecular complexity index is 426. The Balaban J connectivity index is 2.29. The molecule has 18 heavy (non-hydrogen) atoms. The van der Waals surface area contributed by atoms with Crippen LogP contribution >= 0.6 is 27.7 Å². The van der Waals surface area contributed by atoms with E-state index in [2.05, 4.69) is 20.9 Å². The third-order valence-electron chi connectivity index (χ3n) is 2.01. The van der Waals surface area contributed by atoms with Crippen LogP contribution in [0.2, 0.25) is 0 Å². The van der Waals surface area contributed by atoms with Gasteiger partial charge in [0.25, 0.3) is 0 Å². The van der Waals surface area contributed by atoms with Crippen LogP contribution in [0.5, 0.6) is 0 Å². The third-order valence-corrected chi connectivity index (χ3v) is 3.98. The monoisotopic (exact) mass is 331 g/mol. The molecule has 0 radical (unpaired) electrons. The summed E-state index contributed by atoms with van der Waals surface area (Å²) in [5, 5.41) is 0.780. The number of nitrogens with zero attached hydrogens (tertiary/aromatic N) is 1. The molecule has 98 valence electrons. The number of pyridine rings is 1. The van der Waals surface area contributed by atoms with Crippen LogP contribution in [0.3, 0.4) is 0 Å². The standard InChI is InChI=1S/C12H14BrNO3S/c1-2-17-11(16)6-5-9(15)8-18-12-10(13)4-3-7-14-12/h3-4,7H,2,5-6,8H2,1H3. The summed E-state index contributed by atoms with van der Waals surface area (Å²) in [6.07, 6.45) is 2.04. The molecule has 0 atom stereocenters. The number of ether oxygens (including phenoxy) is 1. The van der Waals surface area contributed by atoms with Crippen molar-refractivity contribution in [3.05, 3.63) is 22.8 Å². The number of carbonyl (C=O) groups excluding carboxylic acids is 2. The van der Waals surface area contributed by atoms with Crippen molar-refractivity contribution in [3.63, 3.8) is 0 Å². The molecule has 0 aliphatic heterocycles. The Kier molecular flexibility index (Phi) is 6.97. The van der Waals surface area contributed by atoms with E-state index in [1.165, 1.54) is 11.8 Å². The number of carbonyl (C=O) groups is 2. The van der Waals surface area contributed by atoms with Gasteiger partial charge in [-0.3, -0.25) is 9.59 Å². The molecular formula is C12H14BrNO3S. The zero-order chi connectivity index (χ0) is 13.4. The molecule has 0 amide bonds. The van der Waals surface area contributed by atoms with Crippen molar-refractivity contribution >= 4 is 39.4 Å². The molecule has 0 fully saturated rings. The van der Waals surface area contributed by atoms with Gasteiger partial charge in [0.2, 0.25) is 0 Å². The van der Waals surface area contributed by atoms with Crippen LogP contribution in [0.15, 0.2) is 27.8 Å². The van der Waals surface area contributed by atoms with E-state index in [0.29, 0.717) is 12.4 Å². The lowest BCUT2D eigenvalue weighted by molar-refractivity contribution is -0.144. The zero-order valence-corrected chi connectivity index (χ0v) is 12.4. The maximum Gasteiger partial charge on any atom is 0.306 e. The van der Waals surface area contributed by atoms with E-state index >= 15 is 0 Å². The van der Waals surface area contributed by atoms with Crippen molar-refractivity contribution in [3.8, 4) is 0 Å². The van der Waals surface area contributed by atoms with E-state index in [9.17, 15) is 9.59 Å². The quantitative estimate of drug-likeness (QED) is 0.568. The van der Waals surface area contributed by atoms with Crippen LogP contribution in [0, 0.1) is 0 Å². The van der Waals surface area contributed by atoms with Crippen molar-refractivity contribution in [1.82, 2.24) is 4.98 Å². The Labute approximate surface area is 119 Å². The number of ketones is 1. The van der Waals surface area contributed by atoms with E-state index < -0.39 is 0 Å². The second kappa shape index (κ2) is 8.26. The Morgan fingerprint density at radius 1 is 1.44 bits per heavy atom. The average Bonchev–Trinajstić information content (AvgIpc) is 2.36. The number of esters is 1. The molecule has 1 aromatic rings. The normalized spacial score (nSPS) is 10.1. The maximum atomic E-state index is 11.6. The first-order chi connectivity index (χ1) is 8.63. The Morgan fingerprint density at radius 2 is 2.22 bits per heavy atom. The largest absolute Gasteiger partial charge is 0.466 e. The van der Waals surface area contributed by atoms with Crippen molar-refractivity contribution in [1.29, 1.82) is 0 Å². The van der Waals surface area contributed by atoms with Crippen molar-refractivity contribution in [2.75, 3.05) is 12.4 Å². The molecular weight excluding hydrogens is 318 g/mol. The summed E-state index contributed by atoms with van der Waals surface area (Å²) >= 11 is 4.72. The van der Waals surface area contributed by atoms with Gasteiger partial charge in [-0.15, -0.1) is 0 Å². The molecule has 0 aliphatic carbocycles. The van der Waals surface area contributed by atoms with Crippen LogP contribution in [-0.2, 0) is 14.3 Å². The van der Waals surface area contributed by atoms with Gasteiger partial charge in [-0.05, 0) is 35.0 Å². The minimum absolute atomic E-state index is 0.0191. The Morgan fingerprint density at radius 3 is 2.89 bits per heavy atom. The third kappa shape index (κ3) is 5.64. The predicted octanol–water partition coefficient (Wildman–Crippen LogP) is 2.85. The number of thioether (sulfide) groups is 1. The number of aromatic nitrogens is 1. The summed E-state index contributed by atoms with van der Waals surface area (Å²) in [4.78, 5) is 26.8.